The molecule has 1 aliphatic rings. The van der Waals surface area contributed by atoms with Crippen molar-refractivity contribution in [1.29, 1.82) is 0 Å². The highest BCUT2D eigenvalue weighted by molar-refractivity contribution is 5.80. The lowest BCUT2D eigenvalue weighted by Crippen LogP contribution is -2.46. The van der Waals surface area contributed by atoms with Gasteiger partial charge in [-0.2, -0.15) is 0 Å². The number of hydrogen-bond acceptors (Lipinski definition) is 4. The SMILES string of the molecule is CCCCOc1cccc(CNC(=NC)N2CCC(C(=O)OC)CC2)c1. The summed E-state index contributed by atoms with van der Waals surface area (Å²) in [6.07, 6.45) is 3.79. The second kappa shape index (κ2) is 10.7. The summed E-state index contributed by atoms with van der Waals surface area (Å²) in [5.74, 6) is 1.68. The lowest BCUT2D eigenvalue weighted by Gasteiger charge is -2.33. The summed E-state index contributed by atoms with van der Waals surface area (Å²) in [5, 5.41) is 3.41. The topological polar surface area (TPSA) is 63.2 Å². The number of hydrogen-bond donors (Lipinski definition) is 1. The van der Waals surface area contributed by atoms with Gasteiger partial charge in [0.05, 0.1) is 19.6 Å². The first-order valence-electron chi connectivity index (χ1n) is 9.43. The van der Waals surface area contributed by atoms with E-state index in [0.717, 1.165) is 62.7 Å². The van der Waals surface area contributed by atoms with Crippen LogP contribution in [0, 0.1) is 5.92 Å². The number of likely N-dealkylation sites (tertiary alicyclic amines) is 1. The number of unbranched alkanes of at least 4 members (excludes halogenated alkanes) is 1. The summed E-state index contributed by atoms with van der Waals surface area (Å²) in [4.78, 5) is 18.2. The minimum Gasteiger partial charge on any atom is -0.494 e. The molecule has 0 aromatic heterocycles. The summed E-state index contributed by atoms with van der Waals surface area (Å²) < 4.78 is 10.6. The van der Waals surface area contributed by atoms with Gasteiger partial charge < -0.3 is 19.7 Å². The molecule has 0 amide bonds. The zero-order chi connectivity index (χ0) is 18.8. The smallest absolute Gasteiger partial charge is 0.308 e. The van der Waals surface area contributed by atoms with E-state index in [4.69, 9.17) is 9.47 Å². The first-order chi connectivity index (χ1) is 12.7. The fourth-order valence-corrected chi connectivity index (χ4v) is 3.09. The van der Waals surface area contributed by atoms with Gasteiger partial charge in [0.1, 0.15) is 5.75 Å². The van der Waals surface area contributed by atoms with E-state index in [1.54, 1.807) is 7.05 Å². The fourth-order valence-electron chi connectivity index (χ4n) is 3.09. The molecule has 1 saturated heterocycles. The molecule has 1 heterocycles. The molecule has 1 N–H and O–H groups in total. The van der Waals surface area contributed by atoms with E-state index < -0.39 is 0 Å². The lowest BCUT2D eigenvalue weighted by molar-refractivity contribution is -0.146. The highest BCUT2D eigenvalue weighted by Gasteiger charge is 2.26. The van der Waals surface area contributed by atoms with Crippen molar-refractivity contribution in [2.24, 2.45) is 10.9 Å². The average molecular weight is 361 g/mol. The van der Waals surface area contributed by atoms with Crippen LogP contribution in [0.1, 0.15) is 38.2 Å². The minimum absolute atomic E-state index is 0.00584. The van der Waals surface area contributed by atoms with Crippen LogP contribution in [-0.2, 0) is 16.1 Å². The Morgan fingerprint density at radius 3 is 2.77 bits per heavy atom. The molecule has 0 saturated carbocycles. The minimum atomic E-state index is -0.104. The van der Waals surface area contributed by atoms with Crippen molar-refractivity contribution >= 4 is 11.9 Å². The Kier molecular flexibility index (Phi) is 8.25. The van der Waals surface area contributed by atoms with Crippen molar-refractivity contribution in [3.8, 4) is 5.75 Å². The van der Waals surface area contributed by atoms with Gasteiger partial charge in [-0.3, -0.25) is 9.79 Å². The van der Waals surface area contributed by atoms with Gasteiger partial charge in [-0.1, -0.05) is 25.5 Å². The summed E-state index contributed by atoms with van der Waals surface area (Å²) >= 11 is 0. The molecule has 26 heavy (non-hydrogen) atoms. The number of nitrogens with zero attached hydrogens (tertiary/aromatic N) is 2. The second-order valence-corrected chi connectivity index (χ2v) is 6.53. The van der Waals surface area contributed by atoms with Gasteiger partial charge in [0.15, 0.2) is 5.96 Å². The summed E-state index contributed by atoms with van der Waals surface area (Å²) in [6, 6.07) is 8.16. The number of piperidine rings is 1. The van der Waals surface area contributed by atoms with Crippen LogP contribution in [-0.4, -0.2) is 50.7 Å². The third-order valence-electron chi connectivity index (χ3n) is 4.66. The molecule has 144 valence electrons. The molecular formula is C20H31N3O3. The fraction of sp³-hybridized carbons (Fsp3) is 0.600. The molecule has 0 aliphatic carbocycles. The van der Waals surface area contributed by atoms with E-state index in [9.17, 15) is 4.79 Å². The van der Waals surface area contributed by atoms with Crippen LogP contribution in [0.3, 0.4) is 0 Å². The molecule has 6 heteroatoms. The molecule has 1 aromatic rings. The molecule has 6 nitrogen and oxygen atoms in total. The van der Waals surface area contributed by atoms with Crippen molar-refractivity contribution < 1.29 is 14.3 Å². The van der Waals surface area contributed by atoms with Gasteiger partial charge in [-0.05, 0) is 37.0 Å². The van der Waals surface area contributed by atoms with Gasteiger partial charge in [0.25, 0.3) is 0 Å². The van der Waals surface area contributed by atoms with Crippen molar-refractivity contribution in [2.75, 3.05) is 33.9 Å². The Labute approximate surface area is 156 Å². The van der Waals surface area contributed by atoms with Crippen molar-refractivity contribution in [3.63, 3.8) is 0 Å². The first-order valence-corrected chi connectivity index (χ1v) is 9.43. The number of guanidine groups is 1. The quantitative estimate of drug-likeness (QED) is 0.350. The third-order valence-corrected chi connectivity index (χ3v) is 4.66. The van der Waals surface area contributed by atoms with Crippen LogP contribution in [0.15, 0.2) is 29.3 Å². The lowest BCUT2D eigenvalue weighted by atomic mass is 9.97. The average Bonchev–Trinajstić information content (AvgIpc) is 2.69. The van der Waals surface area contributed by atoms with E-state index >= 15 is 0 Å². The number of carbonyl (C=O) groups excluding carboxylic acids is 1. The van der Waals surface area contributed by atoms with E-state index in [1.165, 1.54) is 7.11 Å². The second-order valence-electron chi connectivity index (χ2n) is 6.53. The largest absolute Gasteiger partial charge is 0.494 e. The Bertz CT molecular complexity index is 596. The predicted molar refractivity (Wildman–Crippen MR) is 103 cm³/mol. The van der Waals surface area contributed by atoms with Gasteiger partial charge >= 0.3 is 5.97 Å². The number of aliphatic imine (C=N–C) groups is 1. The first kappa shape index (κ1) is 20.1. The molecule has 1 aromatic carbocycles. The number of nitrogens with one attached hydrogen (secondary N) is 1. The monoisotopic (exact) mass is 361 g/mol. The third kappa shape index (κ3) is 5.93. The molecule has 0 bridgehead atoms. The Balaban J connectivity index is 1.84. The van der Waals surface area contributed by atoms with Gasteiger partial charge in [0, 0.05) is 26.7 Å². The number of methoxy groups -OCH3 is 1. The van der Waals surface area contributed by atoms with E-state index in [2.05, 4.69) is 34.3 Å². The van der Waals surface area contributed by atoms with Gasteiger partial charge in [-0.25, -0.2) is 0 Å². The molecule has 0 unspecified atom stereocenters. The Morgan fingerprint density at radius 2 is 2.12 bits per heavy atom. The maximum atomic E-state index is 11.7. The highest BCUT2D eigenvalue weighted by atomic mass is 16.5. The van der Waals surface area contributed by atoms with Crippen LogP contribution in [0.4, 0.5) is 0 Å². The summed E-state index contributed by atoms with van der Waals surface area (Å²) in [7, 11) is 3.24. The van der Waals surface area contributed by atoms with Crippen LogP contribution in [0.2, 0.25) is 0 Å². The standard InChI is InChI=1S/C20H31N3O3/c1-4-5-13-26-18-8-6-7-16(14-18)15-22-20(21-2)23-11-9-17(10-12-23)19(24)25-3/h6-8,14,17H,4-5,9-13,15H2,1-3H3,(H,21,22). The molecule has 0 radical (unpaired) electrons. The predicted octanol–water partition coefficient (Wildman–Crippen LogP) is 2.83. The number of ether oxygens (including phenoxy) is 2. The number of carbonyl (C=O) groups is 1. The summed E-state index contributed by atoms with van der Waals surface area (Å²) in [5.41, 5.74) is 1.16. The maximum absolute atomic E-state index is 11.7. The molecule has 1 fully saturated rings. The molecule has 2 rings (SSSR count). The Morgan fingerprint density at radius 1 is 1.35 bits per heavy atom. The van der Waals surface area contributed by atoms with Crippen LogP contribution in [0.5, 0.6) is 5.75 Å². The number of rotatable bonds is 7. The summed E-state index contributed by atoms with van der Waals surface area (Å²) in [6.45, 7) is 5.21. The zero-order valence-corrected chi connectivity index (χ0v) is 16.2. The number of benzene rings is 1. The van der Waals surface area contributed by atoms with E-state index in [-0.39, 0.29) is 11.9 Å². The molecule has 0 atom stereocenters. The van der Waals surface area contributed by atoms with Crippen molar-refractivity contribution in [2.45, 2.75) is 39.2 Å². The number of esters is 1. The zero-order valence-electron chi connectivity index (χ0n) is 16.2. The van der Waals surface area contributed by atoms with Crippen LogP contribution >= 0.6 is 0 Å². The highest BCUT2D eigenvalue weighted by Crippen LogP contribution is 2.19. The van der Waals surface area contributed by atoms with Gasteiger partial charge in [0.2, 0.25) is 0 Å². The molecular weight excluding hydrogens is 330 g/mol. The molecule has 0 spiro atoms. The maximum Gasteiger partial charge on any atom is 0.308 e. The van der Waals surface area contributed by atoms with E-state index in [0.29, 0.717) is 6.54 Å². The molecule has 1 aliphatic heterocycles. The normalized spacial score (nSPS) is 15.7. The van der Waals surface area contributed by atoms with Crippen LogP contribution in [0.25, 0.3) is 0 Å². The Hall–Kier alpha value is -2.24. The van der Waals surface area contributed by atoms with Gasteiger partial charge in [-0.15, -0.1) is 0 Å². The van der Waals surface area contributed by atoms with Crippen molar-refractivity contribution in [1.82, 2.24) is 10.2 Å². The van der Waals surface area contributed by atoms with Crippen LogP contribution < -0.4 is 10.1 Å². The van der Waals surface area contributed by atoms with Crippen molar-refractivity contribution in [3.05, 3.63) is 29.8 Å². The van der Waals surface area contributed by atoms with E-state index in [1.807, 2.05) is 12.1 Å².